The van der Waals surface area contributed by atoms with Crippen molar-refractivity contribution in [1.82, 2.24) is 10.3 Å². The molecule has 1 saturated carbocycles. The fourth-order valence-electron chi connectivity index (χ4n) is 4.12. The van der Waals surface area contributed by atoms with Gasteiger partial charge in [-0.1, -0.05) is 12.1 Å². The predicted octanol–water partition coefficient (Wildman–Crippen LogP) is 6.18. The number of anilines is 2. The number of fused-ring (bicyclic) bond motifs is 1. The van der Waals surface area contributed by atoms with Gasteiger partial charge in [-0.3, -0.25) is 4.98 Å². The highest BCUT2D eigenvalue weighted by Crippen LogP contribution is 2.38. The zero-order chi connectivity index (χ0) is 26.3. The van der Waals surface area contributed by atoms with Crippen LogP contribution in [0, 0.1) is 11.3 Å². The molecule has 4 aromatic rings. The van der Waals surface area contributed by atoms with E-state index >= 15 is 0 Å². The molecule has 1 aliphatic rings. The van der Waals surface area contributed by atoms with Gasteiger partial charge in [-0.2, -0.15) is 5.26 Å². The second-order valence-corrected chi connectivity index (χ2v) is 9.01. The van der Waals surface area contributed by atoms with E-state index in [1.165, 1.54) is 12.8 Å². The van der Waals surface area contributed by atoms with E-state index in [0.29, 0.717) is 58.2 Å². The zero-order valence-electron chi connectivity index (χ0n) is 21.5. The van der Waals surface area contributed by atoms with Crippen LogP contribution < -0.4 is 29.6 Å². The summed E-state index contributed by atoms with van der Waals surface area (Å²) in [5.41, 5.74) is 2.57. The van der Waals surface area contributed by atoms with Gasteiger partial charge in [0, 0.05) is 29.4 Å². The van der Waals surface area contributed by atoms with E-state index in [4.69, 9.17) is 18.9 Å². The largest absolute Gasteiger partial charge is 0.493 e. The number of aromatic nitrogens is 1. The minimum Gasteiger partial charge on any atom is -0.493 e. The smallest absolute Gasteiger partial charge is 0.169 e. The molecule has 0 amide bonds. The van der Waals surface area contributed by atoms with E-state index in [1.54, 1.807) is 20.4 Å². The Morgan fingerprint density at radius 3 is 2.42 bits per heavy atom. The van der Waals surface area contributed by atoms with Crippen LogP contribution in [0.2, 0.25) is 0 Å². The molecule has 0 unspecified atom stereocenters. The molecule has 0 saturated heterocycles. The van der Waals surface area contributed by atoms with Crippen LogP contribution in [-0.2, 0) is 0 Å². The highest BCUT2D eigenvalue weighted by atomic mass is 16.5. The Balaban J connectivity index is 1.35. The number of nitrogens with zero attached hydrogens (tertiary/aromatic N) is 2. The molecule has 1 fully saturated rings. The molecule has 0 atom stereocenters. The SMILES string of the molecule is COc1cc2c(Nc3ccc(Oc4ccccc4OC)cc3)c(C#N)cnc2cc1OCCCNC1CC1. The van der Waals surface area contributed by atoms with Crippen molar-refractivity contribution in [3.8, 4) is 34.8 Å². The Kier molecular flexibility index (Phi) is 7.76. The average molecular weight is 511 g/mol. The van der Waals surface area contributed by atoms with Gasteiger partial charge in [-0.15, -0.1) is 0 Å². The van der Waals surface area contributed by atoms with Gasteiger partial charge in [-0.05, 0) is 68.3 Å². The number of hydrogen-bond acceptors (Lipinski definition) is 8. The van der Waals surface area contributed by atoms with Gasteiger partial charge in [0.05, 0.1) is 37.6 Å². The molecule has 0 radical (unpaired) electrons. The molecule has 3 aromatic carbocycles. The summed E-state index contributed by atoms with van der Waals surface area (Å²) in [6.45, 7) is 1.51. The Morgan fingerprint density at radius 1 is 0.947 bits per heavy atom. The monoisotopic (exact) mass is 510 g/mol. The van der Waals surface area contributed by atoms with Crippen LogP contribution in [0.4, 0.5) is 11.4 Å². The molecule has 38 heavy (non-hydrogen) atoms. The quantitative estimate of drug-likeness (QED) is 0.218. The fourth-order valence-corrected chi connectivity index (χ4v) is 4.12. The minimum atomic E-state index is 0.425. The van der Waals surface area contributed by atoms with Gasteiger partial charge in [0.25, 0.3) is 0 Å². The maximum Gasteiger partial charge on any atom is 0.169 e. The topological polar surface area (TPSA) is 97.7 Å². The summed E-state index contributed by atoms with van der Waals surface area (Å²) in [6.07, 6.45) is 5.02. The molecule has 0 aliphatic heterocycles. The van der Waals surface area contributed by atoms with Crippen molar-refractivity contribution in [2.24, 2.45) is 0 Å². The van der Waals surface area contributed by atoms with Crippen LogP contribution in [0.5, 0.6) is 28.7 Å². The average Bonchev–Trinajstić information content (AvgIpc) is 3.78. The third-order valence-corrected chi connectivity index (χ3v) is 6.28. The van der Waals surface area contributed by atoms with E-state index in [1.807, 2.05) is 60.7 Å². The van der Waals surface area contributed by atoms with Crippen molar-refractivity contribution in [3.05, 3.63) is 72.4 Å². The second kappa shape index (κ2) is 11.7. The lowest BCUT2D eigenvalue weighted by Crippen LogP contribution is -2.19. The van der Waals surface area contributed by atoms with E-state index in [2.05, 4.69) is 21.7 Å². The number of nitriles is 1. The highest BCUT2D eigenvalue weighted by Gasteiger charge is 2.19. The van der Waals surface area contributed by atoms with Gasteiger partial charge in [0.2, 0.25) is 0 Å². The Hall–Kier alpha value is -4.48. The van der Waals surface area contributed by atoms with E-state index in [-0.39, 0.29) is 0 Å². The van der Waals surface area contributed by atoms with Gasteiger partial charge < -0.3 is 29.6 Å². The lowest BCUT2D eigenvalue weighted by molar-refractivity contribution is 0.288. The van der Waals surface area contributed by atoms with Crippen LogP contribution in [0.25, 0.3) is 10.9 Å². The molecular formula is C30H30N4O4. The Bertz CT molecular complexity index is 1450. The molecule has 0 spiro atoms. The van der Waals surface area contributed by atoms with Gasteiger partial charge >= 0.3 is 0 Å². The summed E-state index contributed by atoms with van der Waals surface area (Å²) in [6, 6.07) is 21.6. The first-order chi connectivity index (χ1) is 18.7. The van der Waals surface area contributed by atoms with Crippen molar-refractivity contribution in [2.75, 3.05) is 32.7 Å². The minimum absolute atomic E-state index is 0.425. The number of pyridine rings is 1. The summed E-state index contributed by atoms with van der Waals surface area (Å²) in [5.74, 6) is 3.17. The zero-order valence-corrected chi connectivity index (χ0v) is 21.5. The second-order valence-electron chi connectivity index (χ2n) is 9.01. The maximum atomic E-state index is 9.78. The van der Waals surface area contributed by atoms with Crippen LogP contribution in [0.15, 0.2) is 66.9 Å². The van der Waals surface area contributed by atoms with Gasteiger partial charge in [0.1, 0.15) is 11.8 Å². The van der Waals surface area contributed by atoms with E-state index in [0.717, 1.165) is 24.0 Å². The van der Waals surface area contributed by atoms with Crippen molar-refractivity contribution in [3.63, 3.8) is 0 Å². The first-order valence-electron chi connectivity index (χ1n) is 12.6. The first-order valence-corrected chi connectivity index (χ1v) is 12.6. The van der Waals surface area contributed by atoms with Gasteiger partial charge in [0.15, 0.2) is 23.0 Å². The predicted molar refractivity (Wildman–Crippen MR) is 147 cm³/mol. The molecule has 1 aliphatic carbocycles. The van der Waals surface area contributed by atoms with Gasteiger partial charge in [-0.25, -0.2) is 0 Å². The highest BCUT2D eigenvalue weighted by molar-refractivity contribution is 5.97. The molecule has 1 heterocycles. The van der Waals surface area contributed by atoms with Crippen molar-refractivity contribution >= 4 is 22.3 Å². The molecule has 1 aromatic heterocycles. The molecular weight excluding hydrogens is 480 g/mol. The molecule has 2 N–H and O–H groups in total. The number of ether oxygens (including phenoxy) is 4. The third-order valence-electron chi connectivity index (χ3n) is 6.28. The molecule has 8 nitrogen and oxygen atoms in total. The van der Waals surface area contributed by atoms with Crippen LogP contribution in [0.1, 0.15) is 24.8 Å². The van der Waals surface area contributed by atoms with Crippen molar-refractivity contribution in [2.45, 2.75) is 25.3 Å². The molecule has 194 valence electrons. The van der Waals surface area contributed by atoms with Crippen LogP contribution in [-0.4, -0.2) is 38.4 Å². The number of hydrogen-bond donors (Lipinski definition) is 2. The van der Waals surface area contributed by atoms with Crippen molar-refractivity contribution < 1.29 is 18.9 Å². The Labute approximate surface area is 222 Å². The lowest BCUT2D eigenvalue weighted by Gasteiger charge is -2.16. The third kappa shape index (κ3) is 5.90. The van der Waals surface area contributed by atoms with E-state index in [9.17, 15) is 5.26 Å². The normalized spacial score (nSPS) is 12.6. The molecule has 8 heteroatoms. The van der Waals surface area contributed by atoms with Crippen LogP contribution in [0.3, 0.4) is 0 Å². The van der Waals surface area contributed by atoms with Crippen molar-refractivity contribution in [1.29, 1.82) is 5.26 Å². The summed E-state index contributed by atoms with van der Waals surface area (Å²) in [4.78, 5) is 4.50. The first kappa shape index (κ1) is 25.2. The number of para-hydroxylation sites is 2. The summed E-state index contributed by atoms with van der Waals surface area (Å²) >= 11 is 0. The number of benzene rings is 3. The fraction of sp³-hybridized carbons (Fsp3) is 0.267. The summed E-state index contributed by atoms with van der Waals surface area (Å²) < 4.78 is 23.0. The molecule has 5 rings (SSSR count). The maximum absolute atomic E-state index is 9.78. The summed E-state index contributed by atoms with van der Waals surface area (Å²) in [5, 5.41) is 17.4. The number of methoxy groups -OCH3 is 2. The van der Waals surface area contributed by atoms with E-state index < -0.39 is 0 Å². The summed E-state index contributed by atoms with van der Waals surface area (Å²) in [7, 11) is 3.22. The lowest BCUT2D eigenvalue weighted by atomic mass is 10.1. The molecule has 0 bridgehead atoms. The Morgan fingerprint density at radius 2 is 1.71 bits per heavy atom. The number of nitrogens with one attached hydrogen (secondary N) is 2. The number of rotatable bonds is 12. The van der Waals surface area contributed by atoms with Crippen LogP contribution >= 0.6 is 0 Å². The standard InChI is InChI=1S/C30H30N4O4/c1-35-26-6-3-4-7-27(26)38-23-12-10-22(11-13-23)34-30-20(18-31)19-33-25-17-29(28(36-2)16-24(25)30)37-15-5-14-32-21-8-9-21/h3-4,6-7,10-13,16-17,19,21,32H,5,8-9,14-15H2,1-2H3,(H,33,34).